The SMILES string of the molecule is COc1ccc(OC)c(-c2cc(C(=O)N3CCC(Oc4ccccn4)C3)[nH]n2)c1. The lowest BCUT2D eigenvalue weighted by Gasteiger charge is -2.16. The first-order valence-corrected chi connectivity index (χ1v) is 9.32. The normalized spacial score (nSPS) is 15.9. The number of benzene rings is 1. The third kappa shape index (κ3) is 4.01. The summed E-state index contributed by atoms with van der Waals surface area (Å²) < 4.78 is 16.6. The van der Waals surface area contributed by atoms with Gasteiger partial charge < -0.3 is 19.1 Å². The number of rotatable bonds is 6. The van der Waals surface area contributed by atoms with Crippen molar-refractivity contribution in [1.82, 2.24) is 20.1 Å². The molecule has 1 aliphatic heterocycles. The summed E-state index contributed by atoms with van der Waals surface area (Å²) in [7, 11) is 3.19. The molecule has 8 heteroatoms. The Morgan fingerprint density at radius 3 is 2.83 bits per heavy atom. The summed E-state index contributed by atoms with van der Waals surface area (Å²) in [5.41, 5.74) is 1.79. The van der Waals surface area contributed by atoms with Crippen LogP contribution >= 0.6 is 0 Å². The zero-order valence-corrected chi connectivity index (χ0v) is 16.3. The molecule has 0 aliphatic carbocycles. The third-order valence-electron chi connectivity index (χ3n) is 4.85. The molecule has 0 bridgehead atoms. The van der Waals surface area contributed by atoms with Gasteiger partial charge in [-0.2, -0.15) is 5.10 Å². The van der Waals surface area contributed by atoms with Crippen molar-refractivity contribution in [3.63, 3.8) is 0 Å². The number of likely N-dealkylation sites (tertiary alicyclic amines) is 1. The van der Waals surface area contributed by atoms with Crippen LogP contribution in [0, 0.1) is 0 Å². The van der Waals surface area contributed by atoms with Crippen molar-refractivity contribution < 1.29 is 19.0 Å². The minimum atomic E-state index is -0.113. The summed E-state index contributed by atoms with van der Waals surface area (Å²) >= 11 is 0. The number of nitrogens with one attached hydrogen (secondary N) is 1. The summed E-state index contributed by atoms with van der Waals surface area (Å²) in [6.07, 6.45) is 2.37. The minimum Gasteiger partial charge on any atom is -0.497 e. The number of nitrogens with zero attached hydrogens (tertiary/aromatic N) is 3. The van der Waals surface area contributed by atoms with Crippen LogP contribution in [0.5, 0.6) is 17.4 Å². The Balaban J connectivity index is 1.47. The first-order chi connectivity index (χ1) is 14.2. The number of H-pyrrole nitrogens is 1. The van der Waals surface area contributed by atoms with E-state index in [0.29, 0.717) is 41.9 Å². The van der Waals surface area contributed by atoms with E-state index in [4.69, 9.17) is 14.2 Å². The van der Waals surface area contributed by atoms with Gasteiger partial charge in [-0.05, 0) is 30.3 Å². The van der Waals surface area contributed by atoms with Gasteiger partial charge in [-0.15, -0.1) is 0 Å². The Morgan fingerprint density at radius 2 is 2.07 bits per heavy atom. The van der Waals surface area contributed by atoms with Gasteiger partial charge in [0.25, 0.3) is 5.91 Å². The maximum absolute atomic E-state index is 12.9. The van der Waals surface area contributed by atoms with Crippen molar-refractivity contribution in [3.05, 3.63) is 54.4 Å². The van der Waals surface area contributed by atoms with E-state index in [-0.39, 0.29) is 12.0 Å². The van der Waals surface area contributed by atoms with Gasteiger partial charge in [0.15, 0.2) is 0 Å². The first-order valence-electron chi connectivity index (χ1n) is 9.32. The number of aromatic amines is 1. The van der Waals surface area contributed by atoms with E-state index >= 15 is 0 Å². The predicted octanol–water partition coefficient (Wildman–Crippen LogP) is 2.78. The van der Waals surface area contributed by atoms with Gasteiger partial charge in [0.1, 0.15) is 23.3 Å². The summed E-state index contributed by atoms with van der Waals surface area (Å²) in [4.78, 5) is 18.8. The van der Waals surface area contributed by atoms with Crippen molar-refractivity contribution in [2.24, 2.45) is 0 Å². The molecule has 1 saturated heterocycles. The van der Waals surface area contributed by atoms with Crippen molar-refractivity contribution in [3.8, 4) is 28.6 Å². The number of ether oxygens (including phenoxy) is 3. The fourth-order valence-electron chi connectivity index (χ4n) is 3.35. The van der Waals surface area contributed by atoms with Gasteiger partial charge in [-0.1, -0.05) is 6.07 Å². The van der Waals surface area contributed by atoms with Crippen LogP contribution in [0.1, 0.15) is 16.9 Å². The lowest BCUT2D eigenvalue weighted by atomic mass is 10.1. The molecule has 1 fully saturated rings. The second-order valence-corrected chi connectivity index (χ2v) is 6.68. The highest BCUT2D eigenvalue weighted by atomic mass is 16.5. The van der Waals surface area contributed by atoms with Gasteiger partial charge >= 0.3 is 0 Å². The molecule has 29 heavy (non-hydrogen) atoms. The average Bonchev–Trinajstić information content (AvgIpc) is 3.43. The molecule has 0 saturated carbocycles. The lowest BCUT2D eigenvalue weighted by Crippen LogP contribution is -2.31. The molecule has 1 atom stereocenters. The Kier molecular flexibility index (Phi) is 5.33. The molecule has 1 N–H and O–H groups in total. The molecule has 2 aromatic heterocycles. The van der Waals surface area contributed by atoms with Crippen molar-refractivity contribution in [2.75, 3.05) is 27.3 Å². The highest BCUT2D eigenvalue weighted by molar-refractivity contribution is 5.93. The average molecular weight is 394 g/mol. The highest BCUT2D eigenvalue weighted by Gasteiger charge is 2.29. The van der Waals surface area contributed by atoms with Crippen LogP contribution in [-0.2, 0) is 0 Å². The first kappa shape index (κ1) is 18.8. The maximum Gasteiger partial charge on any atom is 0.272 e. The number of pyridine rings is 1. The van der Waals surface area contributed by atoms with E-state index in [1.807, 2.05) is 36.4 Å². The number of hydrogen-bond donors (Lipinski definition) is 1. The summed E-state index contributed by atoms with van der Waals surface area (Å²) in [6.45, 7) is 1.12. The van der Waals surface area contributed by atoms with Crippen LogP contribution in [0.4, 0.5) is 0 Å². The molecular weight excluding hydrogens is 372 g/mol. The quantitative estimate of drug-likeness (QED) is 0.692. The minimum absolute atomic E-state index is 0.0743. The molecule has 0 spiro atoms. The summed E-state index contributed by atoms with van der Waals surface area (Å²) in [5, 5.41) is 7.14. The second kappa shape index (κ2) is 8.22. The molecule has 150 valence electrons. The molecule has 3 aromatic rings. The Hall–Kier alpha value is -3.55. The Morgan fingerprint density at radius 1 is 1.17 bits per heavy atom. The third-order valence-corrected chi connectivity index (χ3v) is 4.85. The molecule has 1 aliphatic rings. The van der Waals surface area contributed by atoms with Gasteiger partial charge in [0, 0.05) is 30.8 Å². The fourth-order valence-corrected chi connectivity index (χ4v) is 3.35. The van der Waals surface area contributed by atoms with E-state index in [0.717, 1.165) is 12.0 Å². The van der Waals surface area contributed by atoms with Crippen LogP contribution in [0.2, 0.25) is 0 Å². The van der Waals surface area contributed by atoms with Crippen LogP contribution in [0.15, 0.2) is 48.7 Å². The van der Waals surface area contributed by atoms with Crippen LogP contribution in [-0.4, -0.2) is 59.4 Å². The fraction of sp³-hybridized carbons (Fsp3) is 0.286. The van der Waals surface area contributed by atoms with Crippen LogP contribution in [0.3, 0.4) is 0 Å². The highest BCUT2D eigenvalue weighted by Crippen LogP contribution is 2.32. The number of carbonyl (C=O) groups is 1. The van der Waals surface area contributed by atoms with Gasteiger partial charge in [-0.25, -0.2) is 4.98 Å². The summed E-state index contributed by atoms with van der Waals surface area (Å²) in [5.74, 6) is 1.80. The van der Waals surface area contributed by atoms with Crippen molar-refractivity contribution in [1.29, 1.82) is 0 Å². The Labute approximate surface area is 168 Å². The molecule has 1 aromatic carbocycles. The second-order valence-electron chi connectivity index (χ2n) is 6.68. The predicted molar refractivity (Wildman–Crippen MR) is 106 cm³/mol. The van der Waals surface area contributed by atoms with E-state index in [2.05, 4.69) is 15.2 Å². The molecule has 1 unspecified atom stereocenters. The zero-order valence-electron chi connectivity index (χ0n) is 16.3. The smallest absolute Gasteiger partial charge is 0.272 e. The van der Waals surface area contributed by atoms with Gasteiger partial charge in [-0.3, -0.25) is 9.89 Å². The van der Waals surface area contributed by atoms with Gasteiger partial charge in [0.05, 0.1) is 26.5 Å². The van der Waals surface area contributed by atoms with E-state index in [1.54, 1.807) is 31.4 Å². The number of amides is 1. The number of methoxy groups -OCH3 is 2. The topological polar surface area (TPSA) is 89.6 Å². The van der Waals surface area contributed by atoms with E-state index in [1.165, 1.54) is 0 Å². The molecular formula is C21H22N4O4. The lowest BCUT2D eigenvalue weighted by molar-refractivity contribution is 0.0765. The number of aromatic nitrogens is 3. The summed E-state index contributed by atoms with van der Waals surface area (Å²) in [6, 6.07) is 12.7. The van der Waals surface area contributed by atoms with E-state index in [9.17, 15) is 4.79 Å². The molecule has 4 rings (SSSR count). The maximum atomic E-state index is 12.9. The van der Waals surface area contributed by atoms with Crippen LogP contribution in [0.25, 0.3) is 11.3 Å². The largest absolute Gasteiger partial charge is 0.497 e. The van der Waals surface area contributed by atoms with E-state index < -0.39 is 0 Å². The number of carbonyl (C=O) groups excluding carboxylic acids is 1. The Bertz CT molecular complexity index is 989. The monoisotopic (exact) mass is 394 g/mol. The van der Waals surface area contributed by atoms with Crippen molar-refractivity contribution in [2.45, 2.75) is 12.5 Å². The molecule has 8 nitrogen and oxygen atoms in total. The standard InChI is InChI=1S/C21H22N4O4/c1-27-14-6-7-19(28-2)16(11-14)17-12-18(24-23-17)21(26)25-10-8-15(13-25)29-20-5-3-4-9-22-20/h3-7,9,11-12,15H,8,10,13H2,1-2H3,(H,23,24). The molecule has 1 amide bonds. The molecule has 3 heterocycles. The number of hydrogen-bond acceptors (Lipinski definition) is 6. The van der Waals surface area contributed by atoms with Gasteiger partial charge in [0.2, 0.25) is 5.88 Å². The van der Waals surface area contributed by atoms with Crippen molar-refractivity contribution >= 4 is 5.91 Å². The zero-order chi connectivity index (χ0) is 20.2. The molecule has 0 radical (unpaired) electrons. The van der Waals surface area contributed by atoms with Crippen LogP contribution < -0.4 is 14.2 Å².